The van der Waals surface area contributed by atoms with Crippen LogP contribution in [0, 0.1) is 0 Å². The molecule has 3 rings (SSSR count). The summed E-state index contributed by atoms with van der Waals surface area (Å²) in [5, 5.41) is 6.82. The van der Waals surface area contributed by atoms with Gasteiger partial charge in [-0.05, 0) is 29.8 Å². The van der Waals surface area contributed by atoms with Crippen molar-refractivity contribution in [2.75, 3.05) is 6.61 Å². The minimum absolute atomic E-state index is 0.0409. The van der Waals surface area contributed by atoms with Gasteiger partial charge in [0.2, 0.25) is 5.82 Å². The summed E-state index contributed by atoms with van der Waals surface area (Å²) in [6.07, 6.45) is -0.168. The lowest BCUT2D eigenvalue weighted by Crippen LogP contribution is -2.28. The van der Waals surface area contributed by atoms with Gasteiger partial charge in [0.05, 0.1) is 5.02 Å². The largest absolute Gasteiger partial charge is 0.439 e. The predicted octanol–water partition coefficient (Wildman–Crippen LogP) is 3.69. The maximum Gasteiger partial charge on any atom is 0.418 e. The SMILES string of the molecule is O=C(COc1nc(-c2ccccc2Cl)no1)NCc1ccc(OC(F)F)cc1. The zero-order valence-electron chi connectivity index (χ0n) is 14.3. The van der Waals surface area contributed by atoms with Gasteiger partial charge < -0.3 is 14.8 Å². The first-order valence-electron chi connectivity index (χ1n) is 8.03. The number of hydrogen-bond donors (Lipinski definition) is 1. The first-order chi connectivity index (χ1) is 13.5. The van der Waals surface area contributed by atoms with E-state index in [-0.39, 0.29) is 30.8 Å². The molecule has 0 spiro atoms. The van der Waals surface area contributed by atoms with Crippen LogP contribution in [0.4, 0.5) is 8.78 Å². The molecule has 2 aromatic carbocycles. The molecule has 1 heterocycles. The fourth-order valence-electron chi connectivity index (χ4n) is 2.19. The number of carbonyl (C=O) groups excluding carboxylic acids is 1. The normalized spacial score (nSPS) is 10.7. The van der Waals surface area contributed by atoms with Crippen LogP contribution in [0.1, 0.15) is 5.56 Å². The number of rotatable bonds is 8. The lowest BCUT2D eigenvalue weighted by Gasteiger charge is -2.07. The Morgan fingerprint density at radius 2 is 1.93 bits per heavy atom. The number of benzene rings is 2. The van der Waals surface area contributed by atoms with Crippen LogP contribution in [0.3, 0.4) is 0 Å². The Balaban J connectivity index is 1.46. The minimum atomic E-state index is -2.88. The Hall–Kier alpha value is -3.20. The van der Waals surface area contributed by atoms with Crippen molar-refractivity contribution in [1.29, 1.82) is 0 Å². The van der Waals surface area contributed by atoms with Crippen LogP contribution in [0.15, 0.2) is 53.1 Å². The van der Waals surface area contributed by atoms with Crippen molar-refractivity contribution in [2.24, 2.45) is 0 Å². The van der Waals surface area contributed by atoms with Crippen LogP contribution in [-0.4, -0.2) is 29.3 Å². The van der Waals surface area contributed by atoms with Crippen LogP contribution in [0.5, 0.6) is 11.8 Å². The monoisotopic (exact) mass is 409 g/mol. The van der Waals surface area contributed by atoms with Crippen molar-refractivity contribution >= 4 is 17.5 Å². The lowest BCUT2D eigenvalue weighted by atomic mass is 10.2. The number of amides is 1. The molecular formula is C18H14ClF2N3O4. The number of alkyl halides is 2. The third-order valence-corrected chi connectivity index (χ3v) is 3.82. The second-order valence-electron chi connectivity index (χ2n) is 5.45. The standard InChI is InChI=1S/C18H14ClF2N3O4/c19-14-4-2-1-3-13(14)16-23-18(28-24-16)26-10-15(25)22-9-11-5-7-12(8-6-11)27-17(20)21/h1-8,17H,9-10H2,(H,22,25). The molecule has 1 amide bonds. The fourth-order valence-corrected chi connectivity index (χ4v) is 2.41. The number of carbonyl (C=O) groups is 1. The Kier molecular flexibility index (Phi) is 6.38. The summed E-state index contributed by atoms with van der Waals surface area (Å²) >= 11 is 6.06. The molecule has 28 heavy (non-hydrogen) atoms. The van der Waals surface area contributed by atoms with Crippen molar-refractivity contribution in [3.05, 3.63) is 59.1 Å². The molecule has 0 aliphatic carbocycles. The summed E-state index contributed by atoms with van der Waals surface area (Å²) in [6.45, 7) is -3.03. The molecule has 0 unspecified atom stereocenters. The molecule has 146 valence electrons. The summed E-state index contributed by atoms with van der Waals surface area (Å²) in [5.74, 6) is -0.142. The van der Waals surface area contributed by atoms with Crippen molar-refractivity contribution in [2.45, 2.75) is 13.2 Å². The summed E-state index contributed by atoms with van der Waals surface area (Å²) < 4.78 is 38.5. The topological polar surface area (TPSA) is 86.5 Å². The van der Waals surface area contributed by atoms with Gasteiger partial charge in [0.15, 0.2) is 6.61 Å². The van der Waals surface area contributed by atoms with E-state index >= 15 is 0 Å². The van der Waals surface area contributed by atoms with E-state index in [2.05, 4.69) is 20.2 Å². The highest BCUT2D eigenvalue weighted by molar-refractivity contribution is 6.33. The second-order valence-corrected chi connectivity index (χ2v) is 5.86. The van der Waals surface area contributed by atoms with Gasteiger partial charge in [-0.3, -0.25) is 9.32 Å². The predicted molar refractivity (Wildman–Crippen MR) is 95.2 cm³/mol. The molecule has 1 aromatic heterocycles. The fraction of sp³-hybridized carbons (Fsp3) is 0.167. The van der Waals surface area contributed by atoms with Crippen molar-refractivity contribution in [3.8, 4) is 23.2 Å². The molecule has 0 bridgehead atoms. The van der Waals surface area contributed by atoms with Crippen LogP contribution in [0.25, 0.3) is 11.4 Å². The number of nitrogens with zero attached hydrogens (tertiary/aromatic N) is 2. The molecule has 0 radical (unpaired) electrons. The lowest BCUT2D eigenvalue weighted by molar-refractivity contribution is -0.123. The summed E-state index contributed by atoms with van der Waals surface area (Å²) in [5.41, 5.74) is 1.28. The third-order valence-electron chi connectivity index (χ3n) is 3.49. The van der Waals surface area contributed by atoms with E-state index in [0.717, 1.165) is 0 Å². The van der Waals surface area contributed by atoms with E-state index in [1.807, 2.05) is 0 Å². The number of aromatic nitrogens is 2. The van der Waals surface area contributed by atoms with Gasteiger partial charge in [0, 0.05) is 12.1 Å². The highest BCUT2D eigenvalue weighted by Gasteiger charge is 2.13. The van der Waals surface area contributed by atoms with E-state index in [4.69, 9.17) is 20.9 Å². The van der Waals surface area contributed by atoms with Gasteiger partial charge >= 0.3 is 12.7 Å². The smallest absolute Gasteiger partial charge is 0.418 e. The summed E-state index contributed by atoms with van der Waals surface area (Å²) in [6, 6.07) is 12.9. The minimum Gasteiger partial charge on any atom is -0.439 e. The van der Waals surface area contributed by atoms with Crippen molar-refractivity contribution < 1.29 is 27.6 Å². The zero-order valence-corrected chi connectivity index (χ0v) is 15.0. The number of halogens is 3. The molecule has 0 fully saturated rings. The maximum absolute atomic E-state index is 12.1. The molecule has 0 saturated heterocycles. The second kappa shape index (κ2) is 9.14. The van der Waals surface area contributed by atoms with Gasteiger partial charge in [0.1, 0.15) is 5.75 Å². The van der Waals surface area contributed by atoms with Gasteiger partial charge in [-0.2, -0.15) is 13.8 Å². The molecule has 0 aliphatic heterocycles. The van der Waals surface area contributed by atoms with E-state index in [1.165, 1.54) is 12.1 Å². The Labute approximate surface area is 163 Å². The average molecular weight is 410 g/mol. The highest BCUT2D eigenvalue weighted by Crippen LogP contribution is 2.26. The zero-order chi connectivity index (χ0) is 19.9. The van der Waals surface area contributed by atoms with Gasteiger partial charge in [0.25, 0.3) is 5.91 Å². The number of ether oxygens (including phenoxy) is 2. The molecule has 0 atom stereocenters. The van der Waals surface area contributed by atoms with Gasteiger partial charge in [-0.15, -0.1) is 0 Å². The van der Waals surface area contributed by atoms with Gasteiger partial charge in [-0.25, -0.2) is 0 Å². The van der Waals surface area contributed by atoms with Crippen LogP contribution < -0.4 is 14.8 Å². The first-order valence-corrected chi connectivity index (χ1v) is 8.41. The molecule has 10 heteroatoms. The quantitative estimate of drug-likeness (QED) is 0.610. The van der Waals surface area contributed by atoms with Crippen LogP contribution >= 0.6 is 11.6 Å². The Morgan fingerprint density at radius 3 is 2.64 bits per heavy atom. The average Bonchev–Trinajstić information content (AvgIpc) is 3.14. The molecule has 3 aromatic rings. The van der Waals surface area contributed by atoms with E-state index in [1.54, 1.807) is 36.4 Å². The van der Waals surface area contributed by atoms with E-state index < -0.39 is 12.5 Å². The van der Waals surface area contributed by atoms with Crippen LogP contribution in [-0.2, 0) is 11.3 Å². The first kappa shape index (κ1) is 19.6. The Morgan fingerprint density at radius 1 is 1.18 bits per heavy atom. The molecule has 7 nitrogen and oxygen atoms in total. The molecule has 1 N–H and O–H groups in total. The van der Waals surface area contributed by atoms with Gasteiger partial charge in [-0.1, -0.05) is 41.0 Å². The third kappa shape index (κ3) is 5.40. The van der Waals surface area contributed by atoms with E-state index in [9.17, 15) is 13.6 Å². The summed E-state index contributed by atoms with van der Waals surface area (Å²) in [4.78, 5) is 15.9. The van der Waals surface area contributed by atoms with Crippen molar-refractivity contribution in [1.82, 2.24) is 15.5 Å². The number of hydrogen-bond acceptors (Lipinski definition) is 6. The van der Waals surface area contributed by atoms with E-state index in [0.29, 0.717) is 16.1 Å². The number of nitrogens with one attached hydrogen (secondary N) is 1. The Bertz CT molecular complexity index is 935. The molecule has 0 saturated carbocycles. The summed E-state index contributed by atoms with van der Waals surface area (Å²) in [7, 11) is 0. The maximum atomic E-state index is 12.1. The van der Waals surface area contributed by atoms with Crippen LogP contribution in [0.2, 0.25) is 5.02 Å². The van der Waals surface area contributed by atoms with Crippen molar-refractivity contribution in [3.63, 3.8) is 0 Å². The molecule has 0 aliphatic rings. The molecular weight excluding hydrogens is 396 g/mol. The highest BCUT2D eigenvalue weighted by atomic mass is 35.5.